The molecule has 1 saturated heterocycles. The van der Waals surface area contributed by atoms with Gasteiger partial charge in [0, 0.05) is 29.8 Å². The van der Waals surface area contributed by atoms with Crippen molar-refractivity contribution < 1.29 is 13.2 Å². The molecule has 2 rings (SSSR count). The van der Waals surface area contributed by atoms with Crippen LogP contribution in [-0.4, -0.2) is 44.1 Å². The highest BCUT2D eigenvalue weighted by atomic mass is 32.2. The number of nitrogens with two attached hydrogens (primary N) is 1. The van der Waals surface area contributed by atoms with Crippen molar-refractivity contribution in [3.05, 3.63) is 21.4 Å². The topological polar surface area (TPSA) is 80.5 Å². The molecule has 7 heteroatoms. The van der Waals surface area contributed by atoms with Gasteiger partial charge in [-0.05, 0) is 44.7 Å². The van der Waals surface area contributed by atoms with Gasteiger partial charge in [0.05, 0.1) is 10.6 Å². The van der Waals surface area contributed by atoms with Crippen LogP contribution in [0.4, 0.5) is 0 Å². The second-order valence-corrected chi connectivity index (χ2v) is 9.58. The third-order valence-corrected chi connectivity index (χ3v) is 5.98. The number of nitrogens with zero attached hydrogens (tertiary/aromatic N) is 1. The summed E-state index contributed by atoms with van der Waals surface area (Å²) in [6, 6.07) is 1.75. The molecule has 2 atom stereocenters. The SMILES string of the molecule is Cc1sc(C(=O)N2CCCC[C@H]2[C@@H](C)N)cc1CS(C)(=O)=O. The van der Waals surface area contributed by atoms with Crippen molar-refractivity contribution in [3.8, 4) is 0 Å². The molecule has 1 aliphatic rings. The number of sulfone groups is 1. The van der Waals surface area contributed by atoms with Gasteiger partial charge in [0.2, 0.25) is 0 Å². The van der Waals surface area contributed by atoms with Crippen molar-refractivity contribution in [2.24, 2.45) is 5.73 Å². The second kappa shape index (κ2) is 6.68. The number of rotatable bonds is 4. The molecule has 1 aromatic rings. The Morgan fingerprint density at radius 1 is 1.50 bits per heavy atom. The lowest BCUT2D eigenvalue weighted by molar-refractivity contribution is 0.0589. The summed E-state index contributed by atoms with van der Waals surface area (Å²) in [6.07, 6.45) is 4.24. The quantitative estimate of drug-likeness (QED) is 0.905. The minimum Gasteiger partial charge on any atom is -0.333 e. The molecule has 124 valence electrons. The van der Waals surface area contributed by atoms with E-state index in [1.165, 1.54) is 17.6 Å². The van der Waals surface area contributed by atoms with E-state index in [-0.39, 0.29) is 23.7 Å². The van der Waals surface area contributed by atoms with Crippen LogP contribution in [0.25, 0.3) is 0 Å². The Hall–Kier alpha value is -0.920. The Labute approximate surface area is 136 Å². The molecular formula is C15H24N2O3S2. The van der Waals surface area contributed by atoms with Crippen molar-refractivity contribution in [2.75, 3.05) is 12.8 Å². The molecule has 0 spiro atoms. The van der Waals surface area contributed by atoms with Gasteiger partial charge in [-0.2, -0.15) is 0 Å². The molecule has 0 radical (unpaired) electrons. The Morgan fingerprint density at radius 2 is 2.18 bits per heavy atom. The van der Waals surface area contributed by atoms with E-state index in [4.69, 9.17) is 5.73 Å². The van der Waals surface area contributed by atoms with Crippen LogP contribution in [0.15, 0.2) is 6.07 Å². The maximum absolute atomic E-state index is 12.8. The average Bonchev–Trinajstić information content (AvgIpc) is 2.77. The van der Waals surface area contributed by atoms with E-state index >= 15 is 0 Å². The summed E-state index contributed by atoms with van der Waals surface area (Å²) in [5.41, 5.74) is 6.75. The van der Waals surface area contributed by atoms with E-state index in [2.05, 4.69) is 0 Å². The highest BCUT2D eigenvalue weighted by Crippen LogP contribution is 2.28. The number of carbonyl (C=O) groups excluding carboxylic acids is 1. The maximum atomic E-state index is 12.8. The van der Waals surface area contributed by atoms with E-state index in [1.807, 2.05) is 18.7 Å². The van der Waals surface area contributed by atoms with Gasteiger partial charge >= 0.3 is 0 Å². The third-order valence-electron chi connectivity index (χ3n) is 4.07. The first-order valence-electron chi connectivity index (χ1n) is 7.52. The summed E-state index contributed by atoms with van der Waals surface area (Å²) in [4.78, 5) is 16.1. The van der Waals surface area contributed by atoms with Gasteiger partial charge in [-0.25, -0.2) is 8.42 Å². The predicted octanol–water partition coefficient (Wildman–Crippen LogP) is 1.94. The molecule has 1 aromatic heterocycles. The lowest BCUT2D eigenvalue weighted by Gasteiger charge is -2.37. The van der Waals surface area contributed by atoms with Gasteiger partial charge in [0.1, 0.15) is 0 Å². The monoisotopic (exact) mass is 344 g/mol. The van der Waals surface area contributed by atoms with Crippen molar-refractivity contribution in [1.29, 1.82) is 0 Å². The molecule has 1 amide bonds. The van der Waals surface area contributed by atoms with Gasteiger partial charge < -0.3 is 10.6 Å². The Bertz CT molecular complexity index is 650. The standard InChI is InChI=1S/C15H24N2O3S2/c1-10(16)13-6-4-5-7-17(13)15(18)14-8-12(11(2)21-14)9-22(3,19)20/h8,10,13H,4-7,9,16H2,1-3H3/t10-,13+/m1/s1. The minimum atomic E-state index is -3.10. The maximum Gasteiger partial charge on any atom is 0.264 e. The smallest absolute Gasteiger partial charge is 0.264 e. The van der Waals surface area contributed by atoms with Crippen LogP contribution in [-0.2, 0) is 15.6 Å². The molecular weight excluding hydrogens is 320 g/mol. The largest absolute Gasteiger partial charge is 0.333 e. The number of likely N-dealkylation sites (tertiary alicyclic amines) is 1. The second-order valence-electron chi connectivity index (χ2n) is 6.18. The van der Waals surface area contributed by atoms with Crippen molar-refractivity contribution in [2.45, 2.75) is 50.9 Å². The minimum absolute atomic E-state index is 0.0146. The fourth-order valence-corrected chi connectivity index (χ4v) is 4.90. The summed E-state index contributed by atoms with van der Waals surface area (Å²) in [7, 11) is -3.10. The zero-order valence-electron chi connectivity index (χ0n) is 13.3. The van der Waals surface area contributed by atoms with Crippen LogP contribution >= 0.6 is 11.3 Å². The fraction of sp³-hybridized carbons (Fsp3) is 0.667. The summed E-state index contributed by atoms with van der Waals surface area (Å²) < 4.78 is 22.9. The van der Waals surface area contributed by atoms with E-state index in [9.17, 15) is 13.2 Å². The van der Waals surface area contributed by atoms with Crippen molar-refractivity contribution >= 4 is 27.1 Å². The number of thiophene rings is 1. The third kappa shape index (κ3) is 4.08. The molecule has 0 bridgehead atoms. The molecule has 0 unspecified atom stereocenters. The van der Waals surface area contributed by atoms with Gasteiger partial charge in [-0.1, -0.05) is 0 Å². The van der Waals surface area contributed by atoms with E-state index in [0.717, 1.165) is 36.2 Å². The molecule has 0 aliphatic carbocycles. The molecule has 2 N–H and O–H groups in total. The Morgan fingerprint density at radius 3 is 2.77 bits per heavy atom. The fourth-order valence-electron chi connectivity index (χ4n) is 2.95. The van der Waals surface area contributed by atoms with Crippen LogP contribution in [0.5, 0.6) is 0 Å². The number of aryl methyl sites for hydroxylation is 1. The zero-order valence-corrected chi connectivity index (χ0v) is 15.0. The van der Waals surface area contributed by atoms with Gasteiger partial charge in [0.15, 0.2) is 9.84 Å². The highest BCUT2D eigenvalue weighted by Gasteiger charge is 2.31. The molecule has 0 aromatic carbocycles. The van der Waals surface area contributed by atoms with E-state index in [0.29, 0.717) is 4.88 Å². The van der Waals surface area contributed by atoms with Crippen LogP contribution in [0.3, 0.4) is 0 Å². The van der Waals surface area contributed by atoms with Crippen LogP contribution in [0, 0.1) is 6.92 Å². The number of hydrogen-bond donors (Lipinski definition) is 1. The summed E-state index contributed by atoms with van der Waals surface area (Å²) in [6.45, 7) is 4.52. The summed E-state index contributed by atoms with van der Waals surface area (Å²) in [5, 5.41) is 0. The van der Waals surface area contributed by atoms with Gasteiger partial charge in [-0.3, -0.25) is 4.79 Å². The van der Waals surface area contributed by atoms with Crippen LogP contribution < -0.4 is 5.73 Å². The zero-order chi connectivity index (χ0) is 16.5. The van der Waals surface area contributed by atoms with Gasteiger partial charge in [-0.15, -0.1) is 11.3 Å². The molecule has 1 aliphatic heterocycles. The summed E-state index contributed by atoms with van der Waals surface area (Å²) in [5.74, 6) is -0.0332. The van der Waals surface area contributed by atoms with E-state index < -0.39 is 9.84 Å². The van der Waals surface area contributed by atoms with Gasteiger partial charge in [0.25, 0.3) is 5.91 Å². The number of carbonyl (C=O) groups is 1. The first kappa shape index (κ1) is 17.4. The van der Waals surface area contributed by atoms with Crippen LogP contribution in [0.1, 0.15) is 46.3 Å². The van der Waals surface area contributed by atoms with E-state index in [1.54, 1.807) is 6.07 Å². The number of amides is 1. The normalized spacial score (nSPS) is 20.9. The van der Waals surface area contributed by atoms with Crippen LogP contribution in [0.2, 0.25) is 0 Å². The molecule has 0 saturated carbocycles. The summed E-state index contributed by atoms with van der Waals surface area (Å²) >= 11 is 1.37. The first-order valence-corrected chi connectivity index (χ1v) is 10.4. The molecule has 2 heterocycles. The molecule has 5 nitrogen and oxygen atoms in total. The molecule has 22 heavy (non-hydrogen) atoms. The lowest BCUT2D eigenvalue weighted by atomic mass is 9.97. The predicted molar refractivity (Wildman–Crippen MR) is 89.9 cm³/mol. The Balaban J connectivity index is 2.23. The molecule has 1 fully saturated rings. The highest BCUT2D eigenvalue weighted by molar-refractivity contribution is 7.89. The lowest BCUT2D eigenvalue weighted by Crippen LogP contribution is -2.51. The number of hydrogen-bond acceptors (Lipinski definition) is 5. The number of piperidine rings is 1. The van der Waals surface area contributed by atoms with Crippen molar-refractivity contribution in [1.82, 2.24) is 4.90 Å². The Kier molecular flexibility index (Phi) is 5.29. The van der Waals surface area contributed by atoms with Crippen molar-refractivity contribution in [3.63, 3.8) is 0 Å². The average molecular weight is 345 g/mol. The first-order chi connectivity index (χ1) is 10.2.